The zero-order valence-corrected chi connectivity index (χ0v) is 17.4. The van der Waals surface area contributed by atoms with Crippen LogP contribution in [0, 0.1) is 11.8 Å². The zero-order chi connectivity index (χ0) is 21.5. The topological polar surface area (TPSA) is 105 Å². The van der Waals surface area contributed by atoms with Crippen molar-refractivity contribution in [2.75, 3.05) is 31.1 Å². The number of carbonyl (C=O) groups excluding carboxylic acids is 2. The molecule has 158 valence electrons. The number of aliphatic hydroxyl groups excluding tert-OH is 1. The molecule has 30 heavy (non-hydrogen) atoms. The summed E-state index contributed by atoms with van der Waals surface area (Å²) in [6.45, 7) is 3.59. The normalized spacial score (nSPS) is 15.6. The van der Waals surface area contributed by atoms with E-state index in [1.54, 1.807) is 16.2 Å². The molecule has 1 aliphatic heterocycles. The van der Waals surface area contributed by atoms with Gasteiger partial charge in [0.25, 0.3) is 5.91 Å². The van der Waals surface area contributed by atoms with E-state index in [2.05, 4.69) is 22.1 Å². The van der Waals surface area contributed by atoms with E-state index in [0.717, 1.165) is 16.8 Å². The average molecular weight is 429 g/mol. The Morgan fingerprint density at radius 3 is 2.30 bits per heavy atom. The summed E-state index contributed by atoms with van der Waals surface area (Å²) in [7, 11) is 0. The van der Waals surface area contributed by atoms with E-state index < -0.39 is 24.1 Å². The second-order valence-corrected chi connectivity index (χ2v) is 7.71. The van der Waals surface area contributed by atoms with E-state index in [-0.39, 0.29) is 0 Å². The van der Waals surface area contributed by atoms with Crippen LogP contribution in [0.15, 0.2) is 41.1 Å². The van der Waals surface area contributed by atoms with Crippen LogP contribution in [-0.2, 0) is 4.79 Å². The number of hydrogen-bond donors (Lipinski definition) is 4. The molecule has 3 amide bonds. The molecule has 1 aliphatic rings. The summed E-state index contributed by atoms with van der Waals surface area (Å²) in [5.74, 6) is 5.41. The highest BCUT2D eigenvalue weighted by molar-refractivity contribution is 7.08. The molecule has 0 unspecified atom stereocenters. The molecular formula is C21H24N4O4S. The van der Waals surface area contributed by atoms with Gasteiger partial charge in [0.1, 0.15) is 6.04 Å². The minimum atomic E-state index is -1.22. The molecule has 1 aromatic carbocycles. The number of hydroxylamine groups is 1. The Kier molecular flexibility index (Phi) is 7.30. The predicted molar refractivity (Wildman–Crippen MR) is 114 cm³/mol. The predicted octanol–water partition coefficient (Wildman–Crippen LogP) is 1.23. The van der Waals surface area contributed by atoms with Crippen molar-refractivity contribution in [1.29, 1.82) is 0 Å². The summed E-state index contributed by atoms with van der Waals surface area (Å²) in [6, 6.07) is 8.31. The van der Waals surface area contributed by atoms with Crippen molar-refractivity contribution >= 4 is 29.0 Å². The molecule has 9 heteroatoms. The number of aliphatic hydroxyl groups is 1. The number of benzene rings is 1. The van der Waals surface area contributed by atoms with Crippen molar-refractivity contribution in [3.05, 3.63) is 52.2 Å². The lowest BCUT2D eigenvalue weighted by atomic mass is 10.1. The fraction of sp³-hybridized carbons (Fsp3) is 0.333. The Bertz CT molecular complexity index is 911. The molecule has 0 saturated carbocycles. The second-order valence-electron chi connectivity index (χ2n) is 6.93. The van der Waals surface area contributed by atoms with Gasteiger partial charge in [0.2, 0.25) is 0 Å². The summed E-state index contributed by atoms with van der Waals surface area (Å²) in [5.41, 5.74) is 4.45. The third-order valence-corrected chi connectivity index (χ3v) is 5.51. The lowest BCUT2D eigenvalue weighted by Crippen LogP contribution is -2.58. The molecule has 0 radical (unpaired) electrons. The fourth-order valence-corrected chi connectivity index (χ4v) is 3.69. The fourth-order valence-electron chi connectivity index (χ4n) is 3.10. The standard InChI is InChI=1S/C21H24N4O4S/c1-15(26)19(20(27)23-29)22-21(28)25-11-9-24(10-12-25)18-6-4-16(5-7-18)2-3-17-8-13-30-14-17/h4-8,13-15,19,26,29H,9-12H2,1H3,(H,22,28)(H,23,27)/t15-,19+/m1/s1. The number of carbonyl (C=O) groups is 2. The highest BCUT2D eigenvalue weighted by atomic mass is 32.1. The molecule has 0 bridgehead atoms. The molecule has 2 atom stereocenters. The van der Waals surface area contributed by atoms with Crippen LogP contribution in [0.25, 0.3) is 0 Å². The molecular weight excluding hydrogens is 404 g/mol. The number of rotatable bonds is 4. The van der Waals surface area contributed by atoms with E-state index in [1.165, 1.54) is 12.4 Å². The first kappa shape index (κ1) is 21.6. The van der Waals surface area contributed by atoms with E-state index in [9.17, 15) is 14.7 Å². The smallest absolute Gasteiger partial charge is 0.318 e. The Labute approximate surface area is 179 Å². The highest BCUT2D eigenvalue weighted by Crippen LogP contribution is 2.17. The minimum Gasteiger partial charge on any atom is -0.391 e. The van der Waals surface area contributed by atoms with Crippen molar-refractivity contribution in [2.45, 2.75) is 19.1 Å². The number of nitrogens with zero attached hydrogens (tertiary/aromatic N) is 2. The quantitative estimate of drug-likeness (QED) is 0.333. The maximum atomic E-state index is 12.4. The number of anilines is 1. The van der Waals surface area contributed by atoms with E-state index in [1.807, 2.05) is 41.1 Å². The molecule has 0 aliphatic carbocycles. The molecule has 4 N–H and O–H groups in total. The van der Waals surface area contributed by atoms with Crippen LogP contribution in [0.1, 0.15) is 18.1 Å². The van der Waals surface area contributed by atoms with Crippen molar-refractivity contribution in [3.63, 3.8) is 0 Å². The zero-order valence-electron chi connectivity index (χ0n) is 16.5. The Morgan fingerprint density at radius 1 is 1.07 bits per heavy atom. The summed E-state index contributed by atoms with van der Waals surface area (Å²) >= 11 is 1.62. The Hall–Kier alpha value is -3.06. The highest BCUT2D eigenvalue weighted by Gasteiger charge is 2.29. The van der Waals surface area contributed by atoms with Crippen LogP contribution in [0.2, 0.25) is 0 Å². The number of thiophene rings is 1. The van der Waals surface area contributed by atoms with Crippen molar-refractivity contribution in [1.82, 2.24) is 15.7 Å². The van der Waals surface area contributed by atoms with Crippen LogP contribution >= 0.6 is 11.3 Å². The van der Waals surface area contributed by atoms with Crippen LogP contribution in [-0.4, -0.2) is 65.5 Å². The first-order valence-corrected chi connectivity index (χ1v) is 10.5. The van der Waals surface area contributed by atoms with Crippen LogP contribution < -0.4 is 15.7 Å². The van der Waals surface area contributed by atoms with Gasteiger partial charge in [-0.3, -0.25) is 10.0 Å². The van der Waals surface area contributed by atoms with Gasteiger partial charge in [-0.15, -0.1) is 0 Å². The Balaban J connectivity index is 1.53. The lowest BCUT2D eigenvalue weighted by molar-refractivity contribution is -0.133. The number of piperazine rings is 1. The maximum absolute atomic E-state index is 12.4. The average Bonchev–Trinajstić information content (AvgIpc) is 3.29. The molecule has 2 heterocycles. The SMILES string of the molecule is C[C@@H](O)[C@H](NC(=O)N1CCN(c2ccc(C#Cc3ccsc3)cc2)CC1)C(=O)NO. The number of amides is 3. The van der Waals surface area contributed by atoms with Crippen molar-refractivity contribution in [3.8, 4) is 11.8 Å². The van der Waals surface area contributed by atoms with Gasteiger partial charge in [0.15, 0.2) is 0 Å². The summed E-state index contributed by atoms with van der Waals surface area (Å²) in [4.78, 5) is 27.7. The lowest BCUT2D eigenvalue weighted by Gasteiger charge is -2.36. The van der Waals surface area contributed by atoms with Crippen LogP contribution in [0.5, 0.6) is 0 Å². The van der Waals surface area contributed by atoms with Gasteiger partial charge in [0, 0.05) is 48.4 Å². The van der Waals surface area contributed by atoms with Gasteiger partial charge in [-0.25, -0.2) is 10.3 Å². The molecule has 1 aromatic heterocycles. The molecule has 0 spiro atoms. The minimum absolute atomic E-state index is 0.455. The molecule has 1 saturated heterocycles. The third kappa shape index (κ3) is 5.51. The van der Waals surface area contributed by atoms with Crippen LogP contribution in [0.4, 0.5) is 10.5 Å². The largest absolute Gasteiger partial charge is 0.391 e. The third-order valence-electron chi connectivity index (χ3n) is 4.83. The van der Waals surface area contributed by atoms with Crippen molar-refractivity contribution < 1.29 is 19.9 Å². The first-order valence-electron chi connectivity index (χ1n) is 9.54. The van der Waals surface area contributed by atoms with E-state index in [4.69, 9.17) is 5.21 Å². The summed E-state index contributed by atoms with van der Waals surface area (Å²) in [6.07, 6.45) is -1.14. The number of hydrogen-bond acceptors (Lipinski definition) is 6. The molecule has 8 nitrogen and oxygen atoms in total. The summed E-state index contributed by atoms with van der Waals surface area (Å²) in [5, 5.41) is 24.9. The van der Waals surface area contributed by atoms with Crippen molar-refractivity contribution in [2.24, 2.45) is 0 Å². The van der Waals surface area contributed by atoms with Gasteiger partial charge in [-0.05, 0) is 42.6 Å². The molecule has 1 fully saturated rings. The van der Waals surface area contributed by atoms with Gasteiger partial charge >= 0.3 is 6.03 Å². The maximum Gasteiger partial charge on any atom is 0.318 e. The van der Waals surface area contributed by atoms with Gasteiger partial charge < -0.3 is 20.2 Å². The van der Waals surface area contributed by atoms with Gasteiger partial charge in [-0.2, -0.15) is 11.3 Å². The molecule has 2 aromatic rings. The van der Waals surface area contributed by atoms with E-state index in [0.29, 0.717) is 26.2 Å². The van der Waals surface area contributed by atoms with E-state index >= 15 is 0 Å². The first-order chi connectivity index (χ1) is 14.5. The second kappa shape index (κ2) is 10.1. The van der Waals surface area contributed by atoms with Gasteiger partial charge in [-0.1, -0.05) is 11.8 Å². The number of urea groups is 1. The number of nitrogens with one attached hydrogen (secondary N) is 2. The monoisotopic (exact) mass is 428 g/mol. The summed E-state index contributed by atoms with van der Waals surface area (Å²) < 4.78 is 0. The Morgan fingerprint density at radius 2 is 1.73 bits per heavy atom. The van der Waals surface area contributed by atoms with Crippen LogP contribution in [0.3, 0.4) is 0 Å². The molecule has 3 rings (SSSR count). The van der Waals surface area contributed by atoms with Gasteiger partial charge in [0.05, 0.1) is 6.10 Å².